The molecule has 0 atom stereocenters. The monoisotopic (exact) mass is 344 g/mol. The second-order valence-corrected chi connectivity index (χ2v) is 5.87. The third-order valence-corrected chi connectivity index (χ3v) is 4.52. The molecule has 104 valence electrons. The van der Waals surface area contributed by atoms with Crippen LogP contribution in [0, 0.1) is 0 Å². The molecule has 1 aromatic carbocycles. The van der Waals surface area contributed by atoms with Gasteiger partial charge in [0.05, 0.1) is 14.2 Å². The first-order chi connectivity index (χ1) is 9.24. The number of ether oxygens (including phenoxy) is 2. The zero-order chi connectivity index (χ0) is 13.7. The Balaban J connectivity index is 2.09. The van der Waals surface area contributed by atoms with Crippen molar-refractivity contribution in [2.75, 3.05) is 27.3 Å². The molecule has 0 amide bonds. The average Bonchev–Trinajstić information content (AvgIpc) is 2.46. The molecule has 0 saturated heterocycles. The van der Waals surface area contributed by atoms with Crippen molar-refractivity contribution in [3.63, 3.8) is 0 Å². The molecule has 0 spiro atoms. The summed E-state index contributed by atoms with van der Waals surface area (Å²) in [5.74, 6) is 2.32. The highest BCUT2D eigenvalue weighted by atomic mass is 79.9. The fourth-order valence-electron chi connectivity index (χ4n) is 1.76. The van der Waals surface area contributed by atoms with Gasteiger partial charge in [0.2, 0.25) is 0 Å². The minimum atomic E-state index is 0.733. The summed E-state index contributed by atoms with van der Waals surface area (Å²) in [6.07, 6.45) is 1.12. The number of hydrogen-bond donors (Lipinski definition) is 1. The molecular formula is C13H17BrN2O2S. The number of aliphatic imine (C=N–C) groups is 1. The minimum Gasteiger partial charge on any atom is -0.493 e. The Morgan fingerprint density at radius 1 is 1.32 bits per heavy atom. The van der Waals surface area contributed by atoms with E-state index in [4.69, 9.17) is 9.47 Å². The van der Waals surface area contributed by atoms with E-state index < -0.39 is 0 Å². The van der Waals surface area contributed by atoms with Gasteiger partial charge >= 0.3 is 0 Å². The first-order valence-corrected chi connectivity index (χ1v) is 7.84. The van der Waals surface area contributed by atoms with E-state index in [1.54, 1.807) is 26.0 Å². The molecule has 0 aliphatic carbocycles. The number of amidine groups is 1. The molecule has 0 aromatic heterocycles. The van der Waals surface area contributed by atoms with Crippen molar-refractivity contribution < 1.29 is 9.47 Å². The van der Waals surface area contributed by atoms with Crippen LogP contribution in [0.2, 0.25) is 0 Å². The molecular weight excluding hydrogens is 328 g/mol. The Morgan fingerprint density at radius 2 is 2.05 bits per heavy atom. The summed E-state index contributed by atoms with van der Waals surface area (Å²) in [5, 5.41) is 4.32. The highest BCUT2D eigenvalue weighted by Crippen LogP contribution is 2.35. The van der Waals surface area contributed by atoms with Crippen molar-refractivity contribution in [3.05, 3.63) is 22.2 Å². The van der Waals surface area contributed by atoms with Gasteiger partial charge < -0.3 is 14.8 Å². The van der Waals surface area contributed by atoms with Crippen LogP contribution in [-0.2, 0) is 5.75 Å². The number of nitrogens with zero attached hydrogens (tertiary/aromatic N) is 1. The van der Waals surface area contributed by atoms with Crippen LogP contribution in [0.15, 0.2) is 21.6 Å². The van der Waals surface area contributed by atoms with Crippen molar-refractivity contribution in [2.24, 2.45) is 4.99 Å². The number of nitrogens with one attached hydrogen (secondary N) is 1. The molecule has 0 saturated carbocycles. The highest BCUT2D eigenvalue weighted by Gasteiger charge is 2.11. The first kappa shape index (κ1) is 14.5. The molecule has 0 unspecified atom stereocenters. The summed E-state index contributed by atoms with van der Waals surface area (Å²) in [6.45, 7) is 1.93. The fraction of sp³-hybridized carbons (Fsp3) is 0.462. The topological polar surface area (TPSA) is 42.8 Å². The minimum absolute atomic E-state index is 0.733. The quantitative estimate of drug-likeness (QED) is 0.911. The largest absolute Gasteiger partial charge is 0.493 e. The van der Waals surface area contributed by atoms with Gasteiger partial charge in [0.15, 0.2) is 16.7 Å². The van der Waals surface area contributed by atoms with Gasteiger partial charge in [-0.1, -0.05) is 27.7 Å². The summed E-state index contributed by atoms with van der Waals surface area (Å²) >= 11 is 5.28. The lowest BCUT2D eigenvalue weighted by Crippen LogP contribution is -2.26. The first-order valence-electron chi connectivity index (χ1n) is 6.06. The maximum atomic E-state index is 5.32. The molecule has 0 bridgehead atoms. The summed E-state index contributed by atoms with van der Waals surface area (Å²) in [4.78, 5) is 4.45. The van der Waals surface area contributed by atoms with Gasteiger partial charge in [-0.15, -0.1) is 0 Å². The fourth-order valence-corrected chi connectivity index (χ4v) is 3.33. The standard InChI is InChI=1S/C13H17BrN2O2S/c1-17-11-6-9(10(14)7-12(11)18-2)8-19-13-15-4-3-5-16-13/h6-7H,3-5,8H2,1-2H3,(H,15,16). The predicted molar refractivity (Wildman–Crippen MR) is 83.5 cm³/mol. The van der Waals surface area contributed by atoms with E-state index in [1.165, 1.54) is 0 Å². The summed E-state index contributed by atoms with van der Waals surface area (Å²) < 4.78 is 11.6. The maximum absolute atomic E-state index is 5.32. The number of hydrogen-bond acceptors (Lipinski definition) is 5. The van der Waals surface area contributed by atoms with E-state index in [1.807, 2.05) is 12.1 Å². The van der Waals surface area contributed by atoms with Gasteiger partial charge in [-0.2, -0.15) is 0 Å². The van der Waals surface area contributed by atoms with Crippen LogP contribution in [-0.4, -0.2) is 32.5 Å². The van der Waals surface area contributed by atoms with Gasteiger partial charge in [0.25, 0.3) is 0 Å². The van der Waals surface area contributed by atoms with Crippen LogP contribution in [0.4, 0.5) is 0 Å². The SMILES string of the molecule is COc1cc(Br)c(CSC2=NCCCN2)cc1OC. The second kappa shape index (κ2) is 7.05. The predicted octanol–water partition coefficient (Wildman–Crippen LogP) is 3.05. The number of thioether (sulfide) groups is 1. The molecule has 1 aliphatic heterocycles. The smallest absolute Gasteiger partial charge is 0.161 e. The van der Waals surface area contributed by atoms with E-state index in [0.29, 0.717) is 0 Å². The van der Waals surface area contributed by atoms with Crippen LogP contribution in [0.5, 0.6) is 11.5 Å². The van der Waals surface area contributed by atoms with Gasteiger partial charge in [-0.05, 0) is 24.1 Å². The van der Waals surface area contributed by atoms with Gasteiger partial charge in [0.1, 0.15) is 0 Å². The van der Waals surface area contributed by atoms with Crippen molar-refractivity contribution in [1.29, 1.82) is 0 Å². The van der Waals surface area contributed by atoms with E-state index in [0.717, 1.165) is 52.0 Å². The Morgan fingerprint density at radius 3 is 2.68 bits per heavy atom. The molecule has 1 aliphatic rings. The number of methoxy groups -OCH3 is 2. The summed E-state index contributed by atoms with van der Waals surface area (Å²) in [7, 11) is 3.29. The third-order valence-electron chi connectivity index (χ3n) is 2.78. The van der Waals surface area contributed by atoms with Crippen LogP contribution in [0.3, 0.4) is 0 Å². The van der Waals surface area contributed by atoms with E-state index >= 15 is 0 Å². The number of benzene rings is 1. The van der Waals surface area contributed by atoms with Gasteiger partial charge in [-0.25, -0.2) is 0 Å². The zero-order valence-electron chi connectivity index (χ0n) is 11.0. The van der Waals surface area contributed by atoms with Crippen molar-refractivity contribution in [2.45, 2.75) is 12.2 Å². The zero-order valence-corrected chi connectivity index (χ0v) is 13.4. The molecule has 1 heterocycles. The van der Waals surface area contributed by atoms with Crippen molar-refractivity contribution in [3.8, 4) is 11.5 Å². The summed E-state index contributed by atoms with van der Waals surface area (Å²) in [6, 6.07) is 3.93. The van der Waals surface area contributed by atoms with Crippen LogP contribution < -0.4 is 14.8 Å². The van der Waals surface area contributed by atoms with E-state index in [2.05, 4.69) is 26.2 Å². The van der Waals surface area contributed by atoms with E-state index in [-0.39, 0.29) is 0 Å². The van der Waals surface area contributed by atoms with Crippen LogP contribution in [0.1, 0.15) is 12.0 Å². The van der Waals surface area contributed by atoms with E-state index in [9.17, 15) is 0 Å². The van der Waals surface area contributed by atoms with Crippen molar-refractivity contribution >= 4 is 32.9 Å². The Labute approximate surface area is 126 Å². The van der Waals surface area contributed by atoms with Crippen LogP contribution in [0.25, 0.3) is 0 Å². The molecule has 0 radical (unpaired) electrons. The Hall–Kier alpha value is -0.880. The Kier molecular flexibility index (Phi) is 5.39. The number of rotatable bonds is 4. The number of halogens is 1. The molecule has 1 aromatic rings. The second-order valence-electron chi connectivity index (χ2n) is 4.05. The van der Waals surface area contributed by atoms with Crippen LogP contribution >= 0.6 is 27.7 Å². The molecule has 2 rings (SSSR count). The molecule has 0 fully saturated rings. The van der Waals surface area contributed by atoms with Crippen molar-refractivity contribution in [1.82, 2.24) is 5.32 Å². The van der Waals surface area contributed by atoms with Gasteiger partial charge in [-0.3, -0.25) is 4.99 Å². The maximum Gasteiger partial charge on any atom is 0.161 e. The third kappa shape index (κ3) is 3.79. The normalized spacial score (nSPS) is 14.6. The lowest BCUT2D eigenvalue weighted by molar-refractivity contribution is 0.354. The highest BCUT2D eigenvalue weighted by molar-refractivity contribution is 9.10. The molecule has 4 nitrogen and oxygen atoms in total. The van der Waals surface area contributed by atoms with Gasteiger partial charge in [0, 0.05) is 23.3 Å². The average molecular weight is 345 g/mol. The molecule has 19 heavy (non-hydrogen) atoms. The molecule has 1 N–H and O–H groups in total. The molecule has 6 heteroatoms. The summed E-state index contributed by atoms with van der Waals surface area (Å²) in [5.41, 5.74) is 1.16. The Bertz CT molecular complexity index is 480. The lowest BCUT2D eigenvalue weighted by Gasteiger charge is -2.15. The lowest BCUT2D eigenvalue weighted by atomic mass is 10.2.